The number of primary amides is 2. The van der Waals surface area contributed by atoms with Crippen LogP contribution in [0.2, 0.25) is 0 Å². The molecule has 1 aromatic heterocycles. The molecule has 0 bridgehead atoms. The van der Waals surface area contributed by atoms with Crippen molar-refractivity contribution in [1.82, 2.24) is 110 Å². The maximum Gasteiger partial charge on any atom is 0.303 e. The number of nitrogens with zero attached hydrogens (tertiary/aromatic N) is 3. The number of aliphatic hydroxyl groups excluding tert-OH is 2. The molecule has 31 N–H and O–H groups in total. The number of carbonyl (C=O) groups excluding carboxylic acids is 19. The van der Waals surface area contributed by atoms with E-state index < -0.39 is 294 Å². The van der Waals surface area contributed by atoms with Crippen molar-refractivity contribution >= 4 is 130 Å². The van der Waals surface area contributed by atoms with Gasteiger partial charge in [-0.05, 0) is 113 Å². The molecule has 3 saturated heterocycles. The van der Waals surface area contributed by atoms with Gasteiger partial charge in [0.05, 0.1) is 37.1 Å². The number of carboxylic acids is 1. The number of aliphatic carboxylic acids is 1. The van der Waals surface area contributed by atoms with E-state index in [1.807, 2.05) is 0 Å². The van der Waals surface area contributed by atoms with Crippen LogP contribution in [0.25, 0.3) is 0 Å². The highest BCUT2D eigenvalue weighted by molar-refractivity contribution is 6.03. The van der Waals surface area contributed by atoms with E-state index in [2.05, 4.69) is 100 Å². The van der Waals surface area contributed by atoms with Crippen LogP contribution < -0.4 is 113 Å². The zero-order chi connectivity index (χ0) is 105. The van der Waals surface area contributed by atoms with Gasteiger partial charge < -0.3 is 143 Å². The second kappa shape index (κ2) is 55.9. The van der Waals surface area contributed by atoms with Crippen LogP contribution in [0.4, 0.5) is 0 Å². The number of aromatic nitrogens is 2. The predicted octanol–water partition coefficient (Wildman–Crippen LogP) is -7.36. The van der Waals surface area contributed by atoms with Crippen LogP contribution in [0.15, 0.2) is 73.2 Å². The van der Waals surface area contributed by atoms with Gasteiger partial charge in [-0.3, -0.25) is 107 Å². The van der Waals surface area contributed by atoms with Gasteiger partial charge in [0.1, 0.15) is 103 Å². The van der Waals surface area contributed by atoms with E-state index in [4.69, 9.17) is 33.8 Å². The lowest BCUT2D eigenvalue weighted by molar-refractivity contribution is -0.145. The number of carbonyl (C=O) groups is 20. The van der Waals surface area contributed by atoms with Crippen LogP contribution >= 0.6 is 0 Å². The number of rotatable bonds is 28. The summed E-state index contributed by atoms with van der Waals surface area (Å²) in [7, 11) is 0. The van der Waals surface area contributed by atoms with E-state index in [1.54, 1.807) is 95.3 Å². The third-order valence-electron chi connectivity index (χ3n) is 24.1. The summed E-state index contributed by atoms with van der Waals surface area (Å²) in [5.41, 5.74) is 23.7. The van der Waals surface area contributed by atoms with Crippen LogP contribution in [-0.2, 0) is 115 Å². The molecule has 0 unspecified atom stereocenters. The van der Waals surface area contributed by atoms with Crippen molar-refractivity contribution in [2.24, 2.45) is 46.6 Å². The summed E-state index contributed by atoms with van der Waals surface area (Å²) in [6.45, 7) is 15.2. The molecule has 19 amide bonds. The van der Waals surface area contributed by atoms with Gasteiger partial charge in [0, 0.05) is 58.1 Å². The SMILES string of the molecule is CC[C@H](C)[C@@H]1NC(=O)[C@H](CC(N)=O)NC(=O)[C@H](CCCNC(=N)N)NC(=O)[C@H](Cc2ccccc2)NC(=O)[C@H](Cc2ccccc2)NC(=O)[C@H](Cc2c[nH]cn2)NC(=O)[C@H](C(C)C)NC(=O)[C@H](C(C)C)NC(=O)[C@@H]2CCCN2C(=O)[C@H](CC(N)=O)NC(=O)[C@H](CCC(=O)O)NC(=O)[C@@H]2CCCN2C(=O)[C@H]([C@@H](C)O)NC(=O)[C@H](CCCNC(=N)N)NC(=O)[C@H](C)NC(=O)[C@H]([C@@H](C)O)NC(=O)[C@H](C(C)C)NC1=O. The van der Waals surface area contributed by atoms with E-state index in [1.165, 1.54) is 33.3 Å². The van der Waals surface area contributed by atoms with Gasteiger partial charge in [0.2, 0.25) is 112 Å². The quantitative estimate of drug-likeness (QED) is 0.0182. The lowest BCUT2D eigenvalue weighted by Crippen LogP contribution is -2.63. The van der Waals surface area contributed by atoms with Crippen molar-refractivity contribution in [3.63, 3.8) is 0 Å². The maximum atomic E-state index is 15.4. The second-order valence-electron chi connectivity index (χ2n) is 36.5. The molecule has 6 rings (SSSR count). The number of carboxylic acid groups (broad SMARTS) is 1. The average Bonchev–Trinajstić information content (AvgIpc) is 1.80. The smallest absolute Gasteiger partial charge is 0.303 e. The number of fused-ring (bicyclic) bond motifs is 2. The molecule has 50 heteroatoms. The fraction of sp³-hybridized carbons (Fsp3) is 0.593. The van der Waals surface area contributed by atoms with E-state index in [9.17, 15) is 96.8 Å². The van der Waals surface area contributed by atoms with Gasteiger partial charge in [-0.25, -0.2) is 4.98 Å². The molecule has 50 nitrogen and oxygen atoms in total. The molecule has 0 aliphatic carbocycles. The van der Waals surface area contributed by atoms with Crippen molar-refractivity contribution in [2.75, 3.05) is 26.2 Å². The predicted molar refractivity (Wildman–Crippen MR) is 507 cm³/mol. The Bertz CT molecular complexity index is 4890. The van der Waals surface area contributed by atoms with Gasteiger partial charge >= 0.3 is 5.97 Å². The Morgan fingerprint density at radius 3 is 1.18 bits per heavy atom. The van der Waals surface area contributed by atoms with Crippen LogP contribution in [0.5, 0.6) is 0 Å². The molecule has 141 heavy (non-hydrogen) atoms. The average molecular weight is 1980 g/mol. The van der Waals surface area contributed by atoms with Crippen molar-refractivity contribution in [3.05, 3.63) is 90.0 Å². The Morgan fingerprint density at radius 1 is 0.411 bits per heavy atom. The molecule has 0 spiro atoms. The molecule has 4 heterocycles. The van der Waals surface area contributed by atoms with Crippen LogP contribution in [-0.4, -0.2) is 306 Å². The summed E-state index contributed by atoms with van der Waals surface area (Å²) >= 11 is 0. The lowest BCUT2D eigenvalue weighted by Gasteiger charge is -2.32. The highest BCUT2D eigenvalue weighted by Crippen LogP contribution is 2.25. The Hall–Kier alpha value is -14.5. The Labute approximate surface area is 815 Å². The molecule has 3 aromatic rings. The van der Waals surface area contributed by atoms with Gasteiger partial charge in [0.25, 0.3) is 0 Å². The molecule has 3 fully saturated rings. The summed E-state index contributed by atoms with van der Waals surface area (Å²) in [5, 5.41) is 91.1. The highest BCUT2D eigenvalue weighted by atomic mass is 16.4. The lowest BCUT2D eigenvalue weighted by atomic mass is 9.95. The Morgan fingerprint density at radius 2 is 0.752 bits per heavy atom. The van der Waals surface area contributed by atoms with Gasteiger partial charge in [-0.15, -0.1) is 0 Å². The summed E-state index contributed by atoms with van der Waals surface area (Å²) in [6.07, 6.45) is -5.64. The van der Waals surface area contributed by atoms with E-state index in [0.29, 0.717) is 11.1 Å². The number of hydrogen-bond acceptors (Lipinski definition) is 25. The number of nitrogens with two attached hydrogens (primary N) is 4. The summed E-state index contributed by atoms with van der Waals surface area (Å²) in [6, 6.07) is -12.1. The zero-order valence-corrected chi connectivity index (χ0v) is 81.0. The topological polar surface area (TPSA) is 794 Å². The van der Waals surface area contributed by atoms with Crippen molar-refractivity contribution in [2.45, 2.75) is 294 Å². The summed E-state index contributed by atoms with van der Waals surface area (Å²) < 4.78 is 0. The molecule has 776 valence electrons. The van der Waals surface area contributed by atoms with E-state index >= 15 is 14.4 Å². The molecule has 2 aromatic carbocycles. The standard InChI is InChI=1S/C91H139N27O23/c1-12-47(8)70-86(138)113-69(46(6)7)85(137)115-71(49(10)119)87(139)102-48(9)73(125)103-55(28-20-34-100-91(96)97)76(128)116-72(50(11)120)89(141)118-36-22-29-62(118)81(133)105-56(31-32-66(123)124)75(127)110-61(41-65(93)122)88(140)117-35-21-30-63(117)82(134)111-68(45(4)5)84(136)112-67(44(2)3)83(135)109-59(39-53-42-98-43-101-53)79(131)107-58(38-52-25-17-14-18-26-52)78(130)106-57(37-51-23-15-13-16-24-51)77(129)104-54(27-19-33-99-90(94)95)74(126)108-60(40-64(92)121)80(132)114-70/h13-18,23-26,42-50,54-63,67-72,119-120H,12,19-22,27-41H2,1-11H3,(H2,92,121)(H2,93,122)(H,98,101)(H,102,139)(H,103,125)(H,104,129)(H,105,133)(H,106,130)(H,107,131)(H,108,126)(H,109,135)(H,110,127)(H,111,134)(H,112,136)(H,113,138)(H,114,132)(H,115,137)(H,116,128)(H,123,124)(H4,94,95,99)(H4,96,97,100)/t47-,48-,49+,50+,54-,55-,56-,57-,58-,59-,60-,61-,62-,63-,67-,68-,69-,70-,71-,72-/m0/s1. The fourth-order valence-electron chi connectivity index (χ4n) is 16.0. The minimum atomic E-state index is -1.93. The number of H-pyrrole nitrogens is 1. The first-order valence-corrected chi connectivity index (χ1v) is 47.0. The van der Waals surface area contributed by atoms with Gasteiger partial charge in [0.15, 0.2) is 11.9 Å². The van der Waals surface area contributed by atoms with E-state index in [-0.39, 0.29) is 109 Å². The fourth-order valence-corrected chi connectivity index (χ4v) is 16.0. The van der Waals surface area contributed by atoms with Crippen molar-refractivity contribution < 1.29 is 111 Å². The number of aliphatic hydroxyl groups is 2. The molecular formula is C91H139N27O23. The van der Waals surface area contributed by atoms with Crippen LogP contribution in [0, 0.1) is 34.5 Å². The minimum absolute atomic E-state index is 0.0390. The molecular weight excluding hydrogens is 1840 g/mol. The van der Waals surface area contributed by atoms with E-state index in [0.717, 1.165) is 30.6 Å². The van der Waals surface area contributed by atoms with Crippen molar-refractivity contribution in [1.29, 1.82) is 10.8 Å². The third-order valence-corrected chi connectivity index (χ3v) is 24.1. The number of hydrogen-bond donors (Lipinski definition) is 27. The number of amides is 19. The monoisotopic (exact) mass is 1980 g/mol. The van der Waals surface area contributed by atoms with Gasteiger partial charge in [-0.2, -0.15) is 0 Å². The molecule has 3 aliphatic heterocycles. The highest BCUT2D eigenvalue weighted by Gasteiger charge is 2.47. The minimum Gasteiger partial charge on any atom is -0.481 e. The number of guanidine groups is 2. The first-order chi connectivity index (χ1) is 66.5. The normalized spacial score (nSPS) is 26.1. The summed E-state index contributed by atoms with van der Waals surface area (Å²) in [4.78, 5) is 298. The summed E-state index contributed by atoms with van der Waals surface area (Å²) in [5.74, 6) is -26.2. The first kappa shape index (κ1) is 115. The first-order valence-electron chi connectivity index (χ1n) is 47.0. The maximum absolute atomic E-state index is 15.4. The van der Waals surface area contributed by atoms with Gasteiger partial charge in [-0.1, -0.05) is 122 Å². The van der Waals surface area contributed by atoms with Crippen molar-refractivity contribution in [3.8, 4) is 0 Å². The number of imidazole rings is 1. The Kier molecular flexibility index (Phi) is 45.7. The van der Waals surface area contributed by atoms with Crippen LogP contribution in [0.3, 0.4) is 0 Å². The second-order valence-corrected chi connectivity index (χ2v) is 36.5. The van der Waals surface area contributed by atoms with Crippen LogP contribution in [0.1, 0.15) is 176 Å². The molecule has 0 saturated carbocycles. The number of benzene rings is 2. The third kappa shape index (κ3) is 36.3. The molecule has 3 aliphatic rings. The molecule has 20 atom stereocenters. The number of nitrogens with one attached hydrogen (secondary N) is 20. The number of aromatic amines is 1. The Balaban J connectivity index is 1.45. The largest absolute Gasteiger partial charge is 0.481 e. The molecule has 0 radical (unpaired) electrons. The zero-order valence-electron chi connectivity index (χ0n) is 81.0.